The second-order valence-corrected chi connectivity index (χ2v) is 13.1. The fraction of sp³-hybridized carbons (Fsp3) is 0.476. The number of benzene rings is 2. The van der Waals surface area contributed by atoms with Crippen molar-refractivity contribution in [3.63, 3.8) is 0 Å². The average molecular weight is 359 g/mol. The summed E-state index contributed by atoms with van der Waals surface area (Å²) in [7, 11) is -1.89. The van der Waals surface area contributed by atoms with Gasteiger partial charge in [-0.3, -0.25) is 4.79 Å². The smallest absolute Gasteiger partial charge is 0.293 e. The molecule has 2 aromatic carbocycles. The Bertz CT molecular complexity index is 731. The Morgan fingerprint density at radius 2 is 1.72 bits per heavy atom. The van der Waals surface area contributed by atoms with Crippen LogP contribution in [0.4, 0.5) is 0 Å². The molecule has 0 aliphatic rings. The van der Waals surface area contributed by atoms with Crippen LogP contribution in [-0.2, 0) is 16.0 Å². The monoisotopic (exact) mass is 358 g/mol. The first-order chi connectivity index (χ1) is 11.7. The molecule has 0 fully saturated rings. The van der Waals surface area contributed by atoms with Gasteiger partial charge in [-0.1, -0.05) is 58.0 Å². The topological polar surface area (TPSA) is 35.5 Å². The number of carbonyl (C=O) groups excluding carboxylic acids is 1. The molecule has 25 heavy (non-hydrogen) atoms. The lowest BCUT2D eigenvalue weighted by molar-refractivity contribution is -0.129. The standard InChI is InChI=1S/C21H30O3Si/c1-16(14-23-15-22)13-17-11-12-20(19-10-8-7-9-18(17)19)24-25(5,6)21(2,3)4/h7-12,15-16H,13-14H2,1-6H3. The van der Waals surface area contributed by atoms with Gasteiger partial charge in [0.2, 0.25) is 0 Å². The van der Waals surface area contributed by atoms with Crippen molar-refractivity contribution in [3.05, 3.63) is 42.0 Å². The minimum atomic E-state index is -1.89. The quantitative estimate of drug-likeness (QED) is 0.479. The molecule has 0 saturated carbocycles. The summed E-state index contributed by atoms with van der Waals surface area (Å²) in [6.07, 6.45) is 0.870. The summed E-state index contributed by atoms with van der Waals surface area (Å²) in [6.45, 7) is 14.4. The summed E-state index contributed by atoms with van der Waals surface area (Å²) >= 11 is 0. The van der Waals surface area contributed by atoms with Crippen molar-refractivity contribution in [2.24, 2.45) is 5.92 Å². The van der Waals surface area contributed by atoms with E-state index in [1.807, 2.05) is 0 Å². The maximum atomic E-state index is 10.4. The summed E-state index contributed by atoms with van der Waals surface area (Å²) in [4.78, 5) is 10.4. The lowest BCUT2D eigenvalue weighted by atomic mass is 9.96. The van der Waals surface area contributed by atoms with Crippen LogP contribution in [0, 0.1) is 5.92 Å². The van der Waals surface area contributed by atoms with Crippen molar-refractivity contribution >= 4 is 25.6 Å². The molecule has 2 rings (SSSR count). The SMILES string of the molecule is CC(COC=O)Cc1ccc(O[Si](C)(C)C(C)(C)C)c2ccccc12. The van der Waals surface area contributed by atoms with E-state index in [0.717, 1.165) is 17.6 Å². The van der Waals surface area contributed by atoms with E-state index in [-0.39, 0.29) is 11.0 Å². The Balaban J connectivity index is 2.37. The first-order valence-electron chi connectivity index (χ1n) is 8.90. The largest absolute Gasteiger partial charge is 0.543 e. The van der Waals surface area contributed by atoms with Gasteiger partial charge >= 0.3 is 0 Å². The van der Waals surface area contributed by atoms with Crippen molar-refractivity contribution in [2.45, 2.75) is 52.2 Å². The van der Waals surface area contributed by atoms with Crippen LogP contribution < -0.4 is 4.43 Å². The number of rotatable bonds is 7. The summed E-state index contributed by atoms with van der Waals surface area (Å²) in [5, 5.41) is 2.54. The third-order valence-corrected chi connectivity index (χ3v) is 9.51. The molecule has 0 aromatic heterocycles. The van der Waals surface area contributed by atoms with Crippen molar-refractivity contribution in [1.29, 1.82) is 0 Å². The van der Waals surface area contributed by atoms with Crippen molar-refractivity contribution in [1.82, 2.24) is 0 Å². The molecule has 0 N–H and O–H groups in total. The van der Waals surface area contributed by atoms with E-state index in [0.29, 0.717) is 13.1 Å². The van der Waals surface area contributed by atoms with Crippen LogP contribution in [0.2, 0.25) is 18.1 Å². The molecule has 0 amide bonds. The van der Waals surface area contributed by atoms with Gasteiger partial charge in [-0.15, -0.1) is 0 Å². The average Bonchev–Trinajstić information content (AvgIpc) is 2.54. The number of hydrogen-bond donors (Lipinski definition) is 0. The van der Waals surface area contributed by atoms with E-state index in [2.05, 4.69) is 77.2 Å². The van der Waals surface area contributed by atoms with Crippen LogP contribution in [-0.4, -0.2) is 21.4 Å². The highest BCUT2D eigenvalue weighted by atomic mass is 28.4. The zero-order valence-electron chi connectivity index (χ0n) is 16.3. The molecule has 0 radical (unpaired) electrons. The maximum absolute atomic E-state index is 10.4. The van der Waals surface area contributed by atoms with E-state index in [1.165, 1.54) is 10.9 Å². The van der Waals surface area contributed by atoms with E-state index < -0.39 is 8.32 Å². The second-order valence-electron chi connectivity index (χ2n) is 8.37. The van der Waals surface area contributed by atoms with Crippen LogP contribution in [0.3, 0.4) is 0 Å². The fourth-order valence-electron chi connectivity index (χ4n) is 2.67. The van der Waals surface area contributed by atoms with Crippen LogP contribution in [0.1, 0.15) is 33.3 Å². The Labute approximate surface area is 152 Å². The summed E-state index contributed by atoms with van der Waals surface area (Å²) in [6, 6.07) is 12.7. The van der Waals surface area contributed by atoms with Gasteiger partial charge in [-0.05, 0) is 47.5 Å². The number of carbonyl (C=O) groups is 1. The predicted octanol–water partition coefficient (Wildman–Crippen LogP) is 5.58. The van der Waals surface area contributed by atoms with Crippen LogP contribution in [0.25, 0.3) is 10.8 Å². The van der Waals surface area contributed by atoms with Gasteiger partial charge in [0.1, 0.15) is 5.75 Å². The van der Waals surface area contributed by atoms with Crippen LogP contribution in [0.5, 0.6) is 5.75 Å². The summed E-state index contributed by atoms with van der Waals surface area (Å²) < 4.78 is 11.5. The minimum absolute atomic E-state index is 0.160. The summed E-state index contributed by atoms with van der Waals surface area (Å²) in [5.41, 5.74) is 1.26. The molecule has 0 aliphatic carbocycles. The molecule has 0 aliphatic heterocycles. The van der Waals surface area contributed by atoms with Gasteiger partial charge in [0, 0.05) is 5.39 Å². The zero-order chi connectivity index (χ0) is 18.7. The molecular formula is C21H30O3Si. The van der Waals surface area contributed by atoms with Crippen LogP contribution >= 0.6 is 0 Å². The molecule has 3 nitrogen and oxygen atoms in total. The molecule has 1 atom stereocenters. The fourth-order valence-corrected chi connectivity index (χ4v) is 3.70. The van der Waals surface area contributed by atoms with Gasteiger partial charge < -0.3 is 9.16 Å². The predicted molar refractivity (Wildman–Crippen MR) is 107 cm³/mol. The summed E-state index contributed by atoms with van der Waals surface area (Å²) in [5.74, 6) is 1.25. The first-order valence-corrected chi connectivity index (χ1v) is 11.8. The lowest BCUT2D eigenvalue weighted by Gasteiger charge is -2.37. The van der Waals surface area contributed by atoms with E-state index >= 15 is 0 Å². The minimum Gasteiger partial charge on any atom is -0.543 e. The molecule has 2 aromatic rings. The second kappa shape index (κ2) is 7.61. The maximum Gasteiger partial charge on any atom is 0.293 e. The Kier molecular flexibility index (Phi) is 5.94. The third-order valence-electron chi connectivity index (χ3n) is 5.16. The highest BCUT2D eigenvalue weighted by Crippen LogP contribution is 2.39. The van der Waals surface area contributed by atoms with Crippen molar-refractivity contribution in [3.8, 4) is 5.75 Å². The molecular weight excluding hydrogens is 328 g/mol. The molecule has 136 valence electrons. The number of ether oxygens (including phenoxy) is 1. The Morgan fingerprint density at radius 1 is 1.08 bits per heavy atom. The number of fused-ring (bicyclic) bond motifs is 1. The molecule has 0 heterocycles. The third kappa shape index (κ3) is 4.63. The van der Waals surface area contributed by atoms with E-state index in [4.69, 9.17) is 9.16 Å². The number of hydrogen-bond acceptors (Lipinski definition) is 3. The molecule has 1 unspecified atom stereocenters. The molecule has 0 spiro atoms. The Morgan fingerprint density at radius 3 is 2.32 bits per heavy atom. The first kappa shape index (κ1) is 19.5. The highest BCUT2D eigenvalue weighted by Gasteiger charge is 2.39. The zero-order valence-corrected chi connectivity index (χ0v) is 17.3. The lowest BCUT2D eigenvalue weighted by Crippen LogP contribution is -2.43. The van der Waals surface area contributed by atoms with E-state index in [1.54, 1.807) is 0 Å². The van der Waals surface area contributed by atoms with E-state index in [9.17, 15) is 4.79 Å². The van der Waals surface area contributed by atoms with Gasteiger partial charge in [-0.25, -0.2) is 0 Å². The molecule has 4 heteroatoms. The Hall–Kier alpha value is -1.81. The van der Waals surface area contributed by atoms with Crippen LogP contribution in [0.15, 0.2) is 36.4 Å². The molecule has 0 saturated heterocycles. The van der Waals surface area contributed by atoms with Gasteiger partial charge in [0.05, 0.1) is 6.61 Å². The van der Waals surface area contributed by atoms with Gasteiger partial charge in [0.25, 0.3) is 14.8 Å². The van der Waals surface area contributed by atoms with Crippen molar-refractivity contribution < 1.29 is 14.0 Å². The van der Waals surface area contributed by atoms with Gasteiger partial charge in [0.15, 0.2) is 0 Å². The van der Waals surface area contributed by atoms with Crippen molar-refractivity contribution in [2.75, 3.05) is 6.61 Å². The highest BCUT2D eigenvalue weighted by molar-refractivity contribution is 6.74. The molecule has 0 bridgehead atoms. The normalized spacial score (nSPS) is 13.5. The van der Waals surface area contributed by atoms with Gasteiger partial charge in [-0.2, -0.15) is 0 Å².